The number of anilines is 1. The first-order valence-electron chi connectivity index (χ1n) is 4.75. The molecule has 1 nitrogen and oxygen atoms in total. The van der Waals surface area contributed by atoms with Crippen molar-refractivity contribution in [2.45, 2.75) is 9.79 Å². The van der Waals surface area contributed by atoms with Gasteiger partial charge >= 0.3 is 0 Å². The summed E-state index contributed by atoms with van der Waals surface area (Å²) in [6.07, 6.45) is 0. The third-order valence-electron chi connectivity index (χ3n) is 2.13. The Kier molecular flexibility index (Phi) is 3.28. The number of benzene rings is 2. The minimum atomic E-state index is -1.06. The van der Waals surface area contributed by atoms with E-state index in [9.17, 15) is 13.2 Å². The Balaban J connectivity index is 2.43. The van der Waals surface area contributed by atoms with Gasteiger partial charge in [0.2, 0.25) is 0 Å². The molecule has 5 heteroatoms. The van der Waals surface area contributed by atoms with Crippen molar-refractivity contribution in [1.82, 2.24) is 0 Å². The van der Waals surface area contributed by atoms with Crippen molar-refractivity contribution >= 4 is 17.4 Å². The predicted molar refractivity (Wildman–Crippen MR) is 61.3 cm³/mol. The number of hydrogen-bond donors (Lipinski definition) is 1. The van der Waals surface area contributed by atoms with Crippen LogP contribution in [0.4, 0.5) is 18.9 Å². The van der Waals surface area contributed by atoms with Crippen molar-refractivity contribution in [3.63, 3.8) is 0 Å². The molecular formula is C12H8F3NS. The molecule has 0 aliphatic heterocycles. The molecule has 0 atom stereocenters. The van der Waals surface area contributed by atoms with E-state index in [-0.39, 0.29) is 15.5 Å². The van der Waals surface area contributed by atoms with Crippen LogP contribution in [0.1, 0.15) is 0 Å². The Morgan fingerprint density at radius 2 is 1.59 bits per heavy atom. The van der Waals surface area contributed by atoms with Gasteiger partial charge in [0.05, 0.1) is 4.90 Å². The zero-order chi connectivity index (χ0) is 12.4. The molecular weight excluding hydrogens is 247 g/mol. The van der Waals surface area contributed by atoms with E-state index in [1.54, 1.807) is 6.07 Å². The maximum atomic E-state index is 13.5. The van der Waals surface area contributed by atoms with E-state index in [2.05, 4.69) is 0 Å². The number of nitrogen functional groups attached to an aromatic ring is 1. The maximum absolute atomic E-state index is 13.5. The van der Waals surface area contributed by atoms with Gasteiger partial charge < -0.3 is 5.73 Å². The largest absolute Gasteiger partial charge is 0.398 e. The minimum Gasteiger partial charge on any atom is -0.398 e. The number of halogens is 3. The Morgan fingerprint density at radius 1 is 0.882 bits per heavy atom. The first kappa shape index (κ1) is 11.9. The Morgan fingerprint density at radius 3 is 2.29 bits per heavy atom. The van der Waals surface area contributed by atoms with Gasteiger partial charge in [0.15, 0.2) is 11.6 Å². The van der Waals surface area contributed by atoms with E-state index in [1.165, 1.54) is 24.3 Å². The van der Waals surface area contributed by atoms with Crippen LogP contribution in [0.25, 0.3) is 0 Å². The van der Waals surface area contributed by atoms with Crippen LogP contribution in [0.5, 0.6) is 0 Å². The van der Waals surface area contributed by atoms with Crippen LogP contribution in [0, 0.1) is 17.5 Å². The first-order chi connectivity index (χ1) is 8.09. The zero-order valence-electron chi connectivity index (χ0n) is 8.58. The molecule has 0 amide bonds. The van der Waals surface area contributed by atoms with E-state index in [1.807, 2.05) is 0 Å². The fourth-order valence-corrected chi connectivity index (χ4v) is 2.19. The summed E-state index contributed by atoms with van der Waals surface area (Å²) in [6, 6.07) is 8.04. The van der Waals surface area contributed by atoms with Crippen LogP contribution in [-0.4, -0.2) is 0 Å². The third-order valence-corrected chi connectivity index (χ3v) is 3.30. The molecule has 0 aliphatic rings. The number of nitrogens with two attached hydrogens (primary N) is 1. The van der Waals surface area contributed by atoms with Crippen LogP contribution in [0.3, 0.4) is 0 Å². The number of hydrogen-bond acceptors (Lipinski definition) is 2. The molecule has 88 valence electrons. The fraction of sp³-hybridized carbons (Fsp3) is 0. The molecule has 0 saturated carbocycles. The summed E-state index contributed by atoms with van der Waals surface area (Å²) in [5, 5.41) is 0. The van der Waals surface area contributed by atoms with Crippen LogP contribution < -0.4 is 5.73 Å². The summed E-state index contributed by atoms with van der Waals surface area (Å²) >= 11 is 0.767. The van der Waals surface area contributed by atoms with Crippen molar-refractivity contribution < 1.29 is 13.2 Å². The normalized spacial score (nSPS) is 10.5. The van der Waals surface area contributed by atoms with Crippen LogP contribution in [0.15, 0.2) is 46.2 Å². The van der Waals surface area contributed by atoms with Gasteiger partial charge in [-0.25, -0.2) is 13.2 Å². The summed E-state index contributed by atoms with van der Waals surface area (Å²) in [5.41, 5.74) is 5.62. The predicted octanol–water partition coefficient (Wildman–Crippen LogP) is 3.84. The van der Waals surface area contributed by atoms with Crippen LogP contribution >= 0.6 is 11.8 Å². The standard InChI is InChI=1S/C12H8F3NS/c13-7-3-1-2-4-10(7)17-12-9(16)6-5-8(14)11(12)15/h1-6H,16H2. The van der Waals surface area contributed by atoms with E-state index >= 15 is 0 Å². The SMILES string of the molecule is Nc1ccc(F)c(F)c1Sc1ccccc1F. The Labute approximate surface area is 100 Å². The lowest BCUT2D eigenvalue weighted by Gasteiger charge is -2.07. The molecule has 0 heterocycles. The quantitative estimate of drug-likeness (QED) is 0.825. The van der Waals surface area contributed by atoms with E-state index < -0.39 is 17.5 Å². The lowest BCUT2D eigenvalue weighted by atomic mass is 10.3. The van der Waals surface area contributed by atoms with Crippen molar-refractivity contribution in [3.8, 4) is 0 Å². The van der Waals surface area contributed by atoms with Crippen molar-refractivity contribution in [2.75, 3.05) is 5.73 Å². The summed E-state index contributed by atoms with van der Waals surface area (Å²) in [7, 11) is 0. The zero-order valence-corrected chi connectivity index (χ0v) is 9.40. The summed E-state index contributed by atoms with van der Waals surface area (Å²) in [6.45, 7) is 0. The van der Waals surface area contributed by atoms with Gasteiger partial charge in [-0.05, 0) is 24.3 Å². The second kappa shape index (κ2) is 4.71. The van der Waals surface area contributed by atoms with Crippen molar-refractivity contribution in [3.05, 3.63) is 53.8 Å². The minimum absolute atomic E-state index is 0.0807. The van der Waals surface area contributed by atoms with Gasteiger partial charge in [0.25, 0.3) is 0 Å². The Bertz CT molecular complexity index is 557. The van der Waals surface area contributed by atoms with Crippen molar-refractivity contribution in [1.29, 1.82) is 0 Å². The topological polar surface area (TPSA) is 26.0 Å². The second-order valence-corrected chi connectivity index (χ2v) is 4.36. The maximum Gasteiger partial charge on any atom is 0.174 e. The molecule has 0 spiro atoms. The molecule has 0 bridgehead atoms. The summed E-state index contributed by atoms with van der Waals surface area (Å²) < 4.78 is 39.9. The first-order valence-corrected chi connectivity index (χ1v) is 5.57. The average Bonchev–Trinajstić information content (AvgIpc) is 2.32. The van der Waals surface area contributed by atoms with Gasteiger partial charge in [-0.15, -0.1) is 0 Å². The second-order valence-electron chi connectivity index (χ2n) is 3.31. The molecule has 2 aromatic rings. The fourth-order valence-electron chi connectivity index (χ4n) is 1.29. The lowest BCUT2D eigenvalue weighted by molar-refractivity contribution is 0.492. The smallest absolute Gasteiger partial charge is 0.174 e. The van der Waals surface area contributed by atoms with E-state index in [0.29, 0.717) is 0 Å². The highest BCUT2D eigenvalue weighted by atomic mass is 32.2. The summed E-state index contributed by atoms with van der Waals surface area (Å²) in [4.78, 5) is 0.0961. The van der Waals surface area contributed by atoms with Crippen molar-refractivity contribution in [2.24, 2.45) is 0 Å². The molecule has 2 N–H and O–H groups in total. The molecule has 0 saturated heterocycles. The van der Waals surface area contributed by atoms with Crippen LogP contribution in [-0.2, 0) is 0 Å². The lowest BCUT2D eigenvalue weighted by Crippen LogP contribution is -1.95. The molecule has 2 aromatic carbocycles. The molecule has 0 fully saturated rings. The Hall–Kier alpha value is -1.62. The summed E-state index contributed by atoms with van der Waals surface area (Å²) in [5.74, 6) is -2.56. The van der Waals surface area contributed by atoms with E-state index in [0.717, 1.165) is 17.8 Å². The van der Waals surface area contributed by atoms with Gasteiger partial charge in [-0.1, -0.05) is 23.9 Å². The van der Waals surface area contributed by atoms with Gasteiger partial charge in [-0.3, -0.25) is 0 Å². The molecule has 2 rings (SSSR count). The molecule has 0 aromatic heterocycles. The molecule has 0 radical (unpaired) electrons. The van der Waals surface area contributed by atoms with Gasteiger partial charge in [0, 0.05) is 10.6 Å². The highest BCUT2D eigenvalue weighted by Crippen LogP contribution is 2.36. The number of rotatable bonds is 2. The van der Waals surface area contributed by atoms with E-state index in [4.69, 9.17) is 5.73 Å². The highest BCUT2D eigenvalue weighted by molar-refractivity contribution is 7.99. The third kappa shape index (κ3) is 2.39. The average molecular weight is 255 g/mol. The van der Waals surface area contributed by atoms with Crippen LogP contribution in [0.2, 0.25) is 0 Å². The monoisotopic (exact) mass is 255 g/mol. The van der Waals surface area contributed by atoms with Gasteiger partial charge in [0.1, 0.15) is 5.82 Å². The molecule has 17 heavy (non-hydrogen) atoms. The molecule has 0 aliphatic carbocycles. The molecule has 0 unspecified atom stereocenters. The highest BCUT2D eigenvalue weighted by Gasteiger charge is 2.14. The van der Waals surface area contributed by atoms with Gasteiger partial charge in [-0.2, -0.15) is 0 Å².